The minimum atomic E-state index is 0.783. The van der Waals surface area contributed by atoms with Crippen LogP contribution in [0, 0.1) is 17.8 Å². The van der Waals surface area contributed by atoms with E-state index in [0.29, 0.717) is 0 Å². The Morgan fingerprint density at radius 1 is 1.18 bits per heavy atom. The Balaban J connectivity index is 1.49. The quantitative estimate of drug-likeness (QED) is 0.699. The second-order valence-electron chi connectivity index (χ2n) is 6.59. The molecule has 17 heavy (non-hydrogen) atoms. The van der Waals surface area contributed by atoms with Crippen LogP contribution in [0.25, 0.3) is 0 Å². The summed E-state index contributed by atoms with van der Waals surface area (Å²) >= 11 is 0. The molecule has 1 heterocycles. The highest BCUT2D eigenvalue weighted by Crippen LogP contribution is 2.33. The molecular weight excluding hydrogens is 208 g/mol. The number of hydrogen-bond donors (Lipinski definition) is 1. The van der Waals surface area contributed by atoms with Gasteiger partial charge in [-0.1, -0.05) is 26.7 Å². The molecule has 1 N–H and O–H groups in total. The number of hydrogen-bond acceptors (Lipinski definition) is 2. The van der Waals surface area contributed by atoms with Gasteiger partial charge in [-0.3, -0.25) is 0 Å². The highest BCUT2D eigenvalue weighted by molar-refractivity contribution is 4.78. The van der Waals surface area contributed by atoms with Crippen LogP contribution in [0.5, 0.6) is 0 Å². The zero-order chi connectivity index (χ0) is 12.1. The average Bonchev–Trinajstić information content (AvgIpc) is 2.98. The largest absolute Gasteiger partial charge is 0.316 e. The van der Waals surface area contributed by atoms with Crippen molar-refractivity contribution in [3.05, 3.63) is 0 Å². The average molecular weight is 238 g/mol. The lowest BCUT2D eigenvalue weighted by Gasteiger charge is -2.16. The summed E-state index contributed by atoms with van der Waals surface area (Å²) in [5.74, 6) is 2.81. The van der Waals surface area contributed by atoms with Crippen molar-refractivity contribution in [1.82, 2.24) is 10.2 Å². The highest BCUT2D eigenvalue weighted by Gasteiger charge is 2.24. The van der Waals surface area contributed by atoms with Crippen molar-refractivity contribution in [2.75, 3.05) is 32.7 Å². The van der Waals surface area contributed by atoms with Crippen LogP contribution in [-0.2, 0) is 0 Å². The van der Waals surface area contributed by atoms with Crippen LogP contribution in [0.1, 0.15) is 46.0 Å². The van der Waals surface area contributed by atoms with Crippen molar-refractivity contribution in [3.63, 3.8) is 0 Å². The Morgan fingerprint density at radius 3 is 2.71 bits per heavy atom. The monoisotopic (exact) mass is 238 g/mol. The second kappa shape index (κ2) is 6.75. The minimum Gasteiger partial charge on any atom is -0.316 e. The Labute approximate surface area is 107 Å². The predicted molar refractivity (Wildman–Crippen MR) is 74.2 cm³/mol. The number of nitrogens with one attached hydrogen (secondary N) is 1. The standard InChI is InChI=1S/C15H30N2/c1-13(2)10-16-11-15-7-9-17(12-15)8-3-4-14-5-6-14/h13-16H,3-12H2,1-2H3. The normalized spacial score (nSPS) is 25.9. The third kappa shape index (κ3) is 5.39. The van der Waals surface area contributed by atoms with Crippen LogP contribution in [-0.4, -0.2) is 37.6 Å². The van der Waals surface area contributed by atoms with E-state index >= 15 is 0 Å². The summed E-state index contributed by atoms with van der Waals surface area (Å²) < 4.78 is 0. The number of likely N-dealkylation sites (tertiary alicyclic amines) is 1. The van der Waals surface area contributed by atoms with E-state index in [1.807, 2.05) is 0 Å². The first-order valence-electron chi connectivity index (χ1n) is 7.67. The molecule has 1 unspecified atom stereocenters. The zero-order valence-corrected chi connectivity index (χ0v) is 11.8. The predicted octanol–water partition coefficient (Wildman–Crippen LogP) is 2.74. The molecule has 0 spiro atoms. The summed E-state index contributed by atoms with van der Waals surface area (Å²) in [6, 6.07) is 0. The Kier molecular flexibility index (Phi) is 5.30. The summed E-state index contributed by atoms with van der Waals surface area (Å²) in [6.07, 6.45) is 7.38. The first-order valence-corrected chi connectivity index (χ1v) is 7.67. The van der Waals surface area contributed by atoms with E-state index in [1.165, 1.54) is 64.8 Å². The lowest BCUT2D eigenvalue weighted by atomic mass is 10.1. The van der Waals surface area contributed by atoms with Gasteiger partial charge in [0.2, 0.25) is 0 Å². The van der Waals surface area contributed by atoms with Gasteiger partial charge in [0.05, 0.1) is 0 Å². The van der Waals surface area contributed by atoms with Crippen LogP contribution in [0.3, 0.4) is 0 Å². The summed E-state index contributed by atoms with van der Waals surface area (Å²) in [5, 5.41) is 3.60. The topological polar surface area (TPSA) is 15.3 Å². The fourth-order valence-electron chi connectivity index (χ4n) is 2.87. The maximum atomic E-state index is 3.60. The number of nitrogens with zero attached hydrogens (tertiary/aromatic N) is 1. The van der Waals surface area contributed by atoms with Crippen molar-refractivity contribution in [2.24, 2.45) is 17.8 Å². The van der Waals surface area contributed by atoms with Crippen LogP contribution in [0.4, 0.5) is 0 Å². The minimum absolute atomic E-state index is 0.783. The van der Waals surface area contributed by atoms with E-state index in [0.717, 1.165) is 17.8 Å². The molecule has 0 aromatic heterocycles. The molecule has 0 amide bonds. The van der Waals surface area contributed by atoms with Gasteiger partial charge in [-0.25, -0.2) is 0 Å². The molecule has 100 valence electrons. The van der Waals surface area contributed by atoms with Gasteiger partial charge in [0.1, 0.15) is 0 Å². The molecule has 2 heteroatoms. The van der Waals surface area contributed by atoms with E-state index in [4.69, 9.17) is 0 Å². The lowest BCUT2D eigenvalue weighted by Crippen LogP contribution is -2.29. The molecule has 2 nitrogen and oxygen atoms in total. The van der Waals surface area contributed by atoms with Gasteiger partial charge >= 0.3 is 0 Å². The molecule has 1 aliphatic heterocycles. The van der Waals surface area contributed by atoms with E-state index < -0.39 is 0 Å². The van der Waals surface area contributed by atoms with Crippen molar-refractivity contribution in [2.45, 2.75) is 46.0 Å². The molecule has 2 rings (SSSR count). The zero-order valence-electron chi connectivity index (χ0n) is 11.8. The summed E-state index contributed by atoms with van der Waals surface area (Å²) in [5.41, 5.74) is 0. The third-order valence-electron chi connectivity index (χ3n) is 4.14. The van der Waals surface area contributed by atoms with Gasteiger partial charge < -0.3 is 10.2 Å². The third-order valence-corrected chi connectivity index (χ3v) is 4.14. The van der Waals surface area contributed by atoms with Crippen LogP contribution in [0.15, 0.2) is 0 Å². The van der Waals surface area contributed by atoms with Gasteiger partial charge in [-0.15, -0.1) is 0 Å². The maximum absolute atomic E-state index is 3.60. The van der Waals surface area contributed by atoms with Gasteiger partial charge in [0, 0.05) is 6.54 Å². The Bertz CT molecular complexity index is 197. The molecule has 1 saturated carbocycles. The van der Waals surface area contributed by atoms with Crippen LogP contribution in [0.2, 0.25) is 0 Å². The lowest BCUT2D eigenvalue weighted by molar-refractivity contribution is 0.311. The highest BCUT2D eigenvalue weighted by atomic mass is 15.1. The molecule has 0 aromatic rings. The molecule has 0 aromatic carbocycles. The van der Waals surface area contributed by atoms with E-state index in [2.05, 4.69) is 24.1 Å². The first kappa shape index (κ1) is 13.4. The summed E-state index contributed by atoms with van der Waals surface area (Å²) in [6.45, 7) is 11.0. The fraction of sp³-hybridized carbons (Fsp3) is 1.00. The van der Waals surface area contributed by atoms with Gasteiger partial charge in [-0.2, -0.15) is 0 Å². The first-order chi connectivity index (χ1) is 8.24. The molecule has 2 fully saturated rings. The van der Waals surface area contributed by atoms with Crippen molar-refractivity contribution < 1.29 is 0 Å². The van der Waals surface area contributed by atoms with Crippen LogP contribution >= 0.6 is 0 Å². The molecule has 1 saturated heterocycles. The van der Waals surface area contributed by atoms with Crippen molar-refractivity contribution in [3.8, 4) is 0 Å². The van der Waals surface area contributed by atoms with Gasteiger partial charge in [-0.05, 0) is 63.2 Å². The van der Waals surface area contributed by atoms with Crippen LogP contribution < -0.4 is 5.32 Å². The molecule has 2 aliphatic rings. The van der Waals surface area contributed by atoms with Gasteiger partial charge in [0.15, 0.2) is 0 Å². The van der Waals surface area contributed by atoms with Crippen molar-refractivity contribution in [1.29, 1.82) is 0 Å². The molecule has 1 aliphatic carbocycles. The maximum Gasteiger partial charge on any atom is 0.00223 e. The van der Waals surface area contributed by atoms with Gasteiger partial charge in [0.25, 0.3) is 0 Å². The van der Waals surface area contributed by atoms with E-state index in [9.17, 15) is 0 Å². The molecule has 1 atom stereocenters. The Morgan fingerprint density at radius 2 is 2.00 bits per heavy atom. The second-order valence-corrected chi connectivity index (χ2v) is 6.59. The fourth-order valence-corrected chi connectivity index (χ4v) is 2.87. The summed E-state index contributed by atoms with van der Waals surface area (Å²) in [7, 11) is 0. The Hall–Kier alpha value is -0.0800. The van der Waals surface area contributed by atoms with E-state index in [-0.39, 0.29) is 0 Å². The number of rotatable bonds is 8. The van der Waals surface area contributed by atoms with Crippen molar-refractivity contribution >= 4 is 0 Å². The SMILES string of the molecule is CC(C)CNCC1CCN(CCCC2CC2)C1. The molecular formula is C15H30N2. The van der Waals surface area contributed by atoms with E-state index in [1.54, 1.807) is 0 Å². The summed E-state index contributed by atoms with van der Waals surface area (Å²) in [4.78, 5) is 2.68. The molecule has 0 bridgehead atoms. The smallest absolute Gasteiger partial charge is 0.00223 e. The molecule has 0 radical (unpaired) electrons.